The molecular weight excluding hydrogens is 231 g/mol. The molecule has 1 rings (SSSR count). The maximum absolute atomic E-state index is 12.8. The standard InChI is InChI=1S/C11H12F3N3/c1-2-5-10(16-17-15)8-6-3-4-7-9(8)11(12,13)14/h3-4,6-7,10H,2,5H2,1H3. The Kier molecular flexibility index (Phi) is 4.40. The van der Waals surface area contributed by atoms with Gasteiger partial charge in [-0.25, -0.2) is 0 Å². The molecule has 0 aliphatic rings. The molecule has 0 spiro atoms. The molecule has 1 atom stereocenters. The number of benzene rings is 1. The second kappa shape index (κ2) is 5.59. The highest BCUT2D eigenvalue weighted by atomic mass is 19.4. The van der Waals surface area contributed by atoms with Gasteiger partial charge < -0.3 is 0 Å². The molecule has 1 unspecified atom stereocenters. The van der Waals surface area contributed by atoms with E-state index in [1.165, 1.54) is 18.2 Å². The quantitative estimate of drug-likeness (QED) is 0.412. The van der Waals surface area contributed by atoms with Gasteiger partial charge in [-0.1, -0.05) is 36.7 Å². The highest BCUT2D eigenvalue weighted by Gasteiger charge is 2.34. The summed E-state index contributed by atoms with van der Waals surface area (Å²) in [6.07, 6.45) is -3.37. The van der Waals surface area contributed by atoms with E-state index < -0.39 is 17.8 Å². The second-order valence-corrected chi connectivity index (χ2v) is 3.59. The van der Waals surface area contributed by atoms with E-state index in [0.29, 0.717) is 12.8 Å². The minimum absolute atomic E-state index is 0.0413. The van der Waals surface area contributed by atoms with E-state index in [4.69, 9.17) is 5.53 Å². The topological polar surface area (TPSA) is 48.8 Å². The van der Waals surface area contributed by atoms with E-state index >= 15 is 0 Å². The summed E-state index contributed by atoms with van der Waals surface area (Å²) >= 11 is 0. The molecule has 0 N–H and O–H groups in total. The number of nitrogens with zero attached hydrogens (tertiary/aromatic N) is 3. The van der Waals surface area contributed by atoms with Crippen molar-refractivity contribution >= 4 is 0 Å². The predicted octanol–water partition coefficient (Wildman–Crippen LogP) is 4.86. The summed E-state index contributed by atoms with van der Waals surface area (Å²) in [7, 11) is 0. The Labute approximate surface area is 96.9 Å². The minimum Gasteiger partial charge on any atom is -0.166 e. The van der Waals surface area contributed by atoms with Crippen molar-refractivity contribution in [1.29, 1.82) is 0 Å². The smallest absolute Gasteiger partial charge is 0.166 e. The number of azide groups is 1. The van der Waals surface area contributed by atoms with Crippen molar-refractivity contribution in [2.45, 2.75) is 32.0 Å². The number of hydrogen-bond donors (Lipinski definition) is 0. The van der Waals surface area contributed by atoms with Crippen LogP contribution in [0.5, 0.6) is 0 Å². The van der Waals surface area contributed by atoms with Gasteiger partial charge in [0.15, 0.2) is 0 Å². The Morgan fingerprint density at radius 3 is 2.53 bits per heavy atom. The van der Waals surface area contributed by atoms with Crippen LogP contribution in [0.2, 0.25) is 0 Å². The Morgan fingerprint density at radius 1 is 1.35 bits per heavy atom. The molecule has 1 aromatic rings. The van der Waals surface area contributed by atoms with Crippen LogP contribution >= 0.6 is 0 Å². The first-order valence-electron chi connectivity index (χ1n) is 5.21. The van der Waals surface area contributed by atoms with Crippen LogP contribution in [0.4, 0.5) is 13.2 Å². The molecule has 0 saturated carbocycles. The van der Waals surface area contributed by atoms with Crippen LogP contribution < -0.4 is 0 Å². The molecule has 0 aliphatic carbocycles. The van der Waals surface area contributed by atoms with E-state index in [9.17, 15) is 13.2 Å². The molecule has 0 amide bonds. The largest absolute Gasteiger partial charge is 0.416 e. The summed E-state index contributed by atoms with van der Waals surface area (Å²) in [4.78, 5) is 2.61. The third kappa shape index (κ3) is 3.39. The lowest BCUT2D eigenvalue weighted by atomic mass is 9.97. The molecule has 0 fully saturated rings. The number of alkyl halides is 3. The van der Waals surface area contributed by atoms with Crippen LogP contribution in [-0.2, 0) is 6.18 Å². The van der Waals surface area contributed by atoms with E-state index in [1.807, 2.05) is 6.92 Å². The summed E-state index contributed by atoms with van der Waals surface area (Å²) < 4.78 is 38.3. The predicted molar refractivity (Wildman–Crippen MR) is 58.2 cm³/mol. The molecule has 0 bridgehead atoms. The number of hydrogen-bond acceptors (Lipinski definition) is 1. The highest BCUT2D eigenvalue weighted by molar-refractivity contribution is 5.32. The Morgan fingerprint density at radius 2 is 2.00 bits per heavy atom. The van der Waals surface area contributed by atoms with Crippen molar-refractivity contribution in [3.63, 3.8) is 0 Å². The average molecular weight is 243 g/mol. The lowest BCUT2D eigenvalue weighted by molar-refractivity contribution is -0.138. The maximum Gasteiger partial charge on any atom is 0.416 e. The van der Waals surface area contributed by atoms with Crippen LogP contribution in [0.1, 0.15) is 36.9 Å². The van der Waals surface area contributed by atoms with Crippen LogP contribution in [0.3, 0.4) is 0 Å². The first-order valence-corrected chi connectivity index (χ1v) is 5.21. The van der Waals surface area contributed by atoms with Crippen LogP contribution in [-0.4, -0.2) is 0 Å². The first kappa shape index (κ1) is 13.4. The molecular formula is C11H12F3N3. The van der Waals surface area contributed by atoms with E-state index in [2.05, 4.69) is 10.0 Å². The zero-order chi connectivity index (χ0) is 12.9. The van der Waals surface area contributed by atoms with Crippen LogP contribution in [0.25, 0.3) is 10.4 Å². The fourth-order valence-electron chi connectivity index (χ4n) is 1.66. The van der Waals surface area contributed by atoms with Crippen molar-refractivity contribution in [3.8, 4) is 0 Å². The maximum atomic E-state index is 12.8. The zero-order valence-electron chi connectivity index (χ0n) is 9.28. The third-order valence-electron chi connectivity index (χ3n) is 2.38. The minimum atomic E-state index is -4.42. The van der Waals surface area contributed by atoms with Crippen molar-refractivity contribution < 1.29 is 13.2 Å². The van der Waals surface area contributed by atoms with Gasteiger partial charge in [-0.05, 0) is 23.6 Å². The monoisotopic (exact) mass is 243 g/mol. The summed E-state index contributed by atoms with van der Waals surface area (Å²) in [6, 6.07) is 4.44. The molecule has 0 saturated heterocycles. The fourth-order valence-corrected chi connectivity index (χ4v) is 1.66. The van der Waals surface area contributed by atoms with Gasteiger partial charge in [0.05, 0.1) is 11.6 Å². The third-order valence-corrected chi connectivity index (χ3v) is 2.38. The molecule has 3 nitrogen and oxygen atoms in total. The molecule has 6 heteroatoms. The van der Waals surface area contributed by atoms with Crippen molar-refractivity contribution in [2.24, 2.45) is 5.11 Å². The normalized spacial score (nSPS) is 12.9. The Balaban J connectivity index is 3.23. The molecule has 0 aromatic heterocycles. The van der Waals surface area contributed by atoms with Gasteiger partial charge >= 0.3 is 6.18 Å². The Bertz CT molecular complexity index is 422. The molecule has 0 aliphatic heterocycles. The van der Waals surface area contributed by atoms with Gasteiger partial charge in [0.1, 0.15) is 0 Å². The SMILES string of the molecule is CCCC(N=[N+]=[N-])c1ccccc1C(F)(F)F. The van der Waals surface area contributed by atoms with Crippen molar-refractivity contribution in [3.05, 3.63) is 45.8 Å². The highest BCUT2D eigenvalue weighted by Crippen LogP contribution is 2.36. The second-order valence-electron chi connectivity index (χ2n) is 3.59. The van der Waals surface area contributed by atoms with E-state index in [0.717, 1.165) is 6.07 Å². The van der Waals surface area contributed by atoms with Crippen molar-refractivity contribution in [1.82, 2.24) is 0 Å². The molecule has 0 radical (unpaired) electrons. The van der Waals surface area contributed by atoms with Gasteiger partial charge in [-0.2, -0.15) is 13.2 Å². The summed E-state index contributed by atoms with van der Waals surface area (Å²) in [5.74, 6) is 0. The lowest BCUT2D eigenvalue weighted by Gasteiger charge is -2.17. The Hall–Kier alpha value is -1.68. The number of rotatable bonds is 4. The lowest BCUT2D eigenvalue weighted by Crippen LogP contribution is -2.11. The van der Waals surface area contributed by atoms with E-state index in [-0.39, 0.29) is 5.56 Å². The van der Waals surface area contributed by atoms with Crippen molar-refractivity contribution in [2.75, 3.05) is 0 Å². The molecule has 92 valence electrons. The van der Waals surface area contributed by atoms with Gasteiger partial charge in [-0.3, -0.25) is 0 Å². The summed E-state index contributed by atoms with van der Waals surface area (Å²) in [5, 5.41) is 3.44. The van der Waals surface area contributed by atoms with Gasteiger partial charge in [0.25, 0.3) is 0 Å². The van der Waals surface area contributed by atoms with Crippen LogP contribution in [0.15, 0.2) is 29.4 Å². The summed E-state index contributed by atoms with van der Waals surface area (Å²) in [6.45, 7) is 1.83. The molecule has 17 heavy (non-hydrogen) atoms. The summed E-state index contributed by atoms with van der Waals surface area (Å²) in [5.41, 5.74) is 7.71. The zero-order valence-corrected chi connectivity index (χ0v) is 9.28. The molecule has 0 heterocycles. The van der Waals surface area contributed by atoms with Crippen LogP contribution in [0, 0.1) is 0 Å². The van der Waals surface area contributed by atoms with E-state index in [1.54, 1.807) is 0 Å². The number of halogens is 3. The van der Waals surface area contributed by atoms with Gasteiger partial charge in [0.2, 0.25) is 0 Å². The van der Waals surface area contributed by atoms with Gasteiger partial charge in [-0.15, -0.1) is 0 Å². The fraction of sp³-hybridized carbons (Fsp3) is 0.455. The molecule has 1 aromatic carbocycles. The average Bonchev–Trinajstić information content (AvgIpc) is 2.28. The van der Waals surface area contributed by atoms with Gasteiger partial charge in [0, 0.05) is 4.91 Å². The first-order chi connectivity index (χ1) is 8.00.